The fourth-order valence-electron chi connectivity index (χ4n) is 0.687. The van der Waals surface area contributed by atoms with Gasteiger partial charge >= 0.3 is 29.6 Å². The topological polar surface area (TPSA) is 80.9 Å². The number of rotatable bonds is 2. The number of methoxy groups -OCH3 is 1. The zero-order valence-corrected chi connectivity index (χ0v) is 10.3. The van der Waals surface area contributed by atoms with Crippen LogP contribution in [0.5, 0.6) is 5.75 Å². The quantitative estimate of drug-likeness (QED) is 0.390. The maximum absolute atomic E-state index is 10.4. The summed E-state index contributed by atoms with van der Waals surface area (Å²) in [5.41, 5.74) is 0. The van der Waals surface area contributed by atoms with E-state index in [4.69, 9.17) is 4.74 Å². The average molecular weight is 212 g/mol. The summed E-state index contributed by atoms with van der Waals surface area (Å²) in [5, 5.41) is 0. The summed E-state index contributed by atoms with van der Waals surface area (Å²) in [6.07, 6.45) is 0. The maximum Gasteiger partial charge on any atom is 1.00 e. The smallest absolute Gasteiger partial charge is 0.768 e. The molecule has 0 amide bonds. The van der Waals surface area contributed by atoms with Crippen molar-refractivity contribution in [3.63, 3.8) is 0 Å². The van der Waals surface area contributed by atoms with E-state index in [-0.39, 0.29) is 39.9 Å². The number of benzene rings is 1. The molecule has 0 fully saturated rings. The van der Waals surface area contributed by atoms with Crippen molar-refractivity contribution in [3.8, 4) is 5.75 Å². The second-order valence-electron chi connectivity index (χ2n) is 1.91. The molecule has 0 aromatic heterocycles. The van der Waals surface area contributed by atoms with Gasteiger partial charge in [0.15, 0.2) is 0 Å². The minimum atomic E-state index is -2.14. The Labute approximate surface area is 101 Å². The minimum Gasteiger partial charge on any atom is -0.768 e. The number of ether oxygens (including phenoxy) is 1. The Morgan fingerprint density at radius 2 is 1.77 bits per heavy atom. The van der Waals surface area contributed by atoms with Crippen LogP contribution in [0.25, 0.3) is 0 Å². The summed E-state index contributed by atoms with van der Waals surface area (Å²) in [4.78, 5) is 0.269. The molecule has 6 heteroatoms. The van der Waals surface area contributed by atoms with Gasteiger partial charge in [0.25, 0.3) is 0 Å². The Morgan fingerprint density at radius 3 is 2.08 bits per heavy atom. The largest absolute Gasteiger partial charge is 1.00 e. The van der Waals surface area contributed by atoms with Gasteiger partial charge in [0.05, 0.1) is 7.11 Å². The van der Waals surface area contributed by atoms with E-state index in [1.807, 2.05) is 0 Å². The Balaban J connectivity index is 0. The molecule has 0 aliphatic carbocycles. The molecule has 0 spiro atoms. The van der Waals surface area contributed by atoms with Gasteiger partial charge < -0.3 is 14.8 Å². The van der Waals surface area contributed by atoms with Crippen molar-refractivity contribution >= 4 is 11.1 Å². The van der Waals surface area contributed by atoms with Crippen LogP contribution in [-0.4, -0.2) is 21.3 Å². The molecule has 1 rings (SSSR count). The summed E-state index contributed by atoms with van der Waals surface area (Å²) >= 11 is -2.14. The monoisotopic (exact) mass is 212 g/mol. The molecule has 2 N–H and O–H groups in total. The van der Waals surface area contributed by atoms with E-state index < -0.39 is 11.1 Å². The molecule has 68 valence electrons. The van der Waals surface area contributed by atoms with Crippen LogP contribution < -0.4 is 34.3 Å². The molecule has 13 heavy (non-hydrogen) atoms. The molecule has 0 aliphatic heterocycles. The Morgan fingerprint density at radius 1 is 1.31 bits per heavy atom. The standard InChI is InChI=1S/C7H8O3S.Na.H2O/c1-10-6-2-4-7(5-3-6)11(8)9;;/h2-5H,1H3,(H,8,9);;1H2/q;+1;/p-1. The van der Waals surface area contributed by atoms with E-state index >= 15 is 0 Å². The van der Waals surface area contributed by atoms with Crippen LogP contribution in [0.4, 0.5) is 0 Å². The van der Waals surface area contributed by atoms with E-state index in [0.717, 1.165) is 0 Å². The SMILES string of the molecule is COc1ccc(S(=O)[O-])cc1.O.[Na+]. The van der Waals surface area contributed by atoms with Gasteiger partial charge in [-0.3, -0.25) is 4.21 Å². The molecular formula is C7H9NaO4S. The summed E-state index contributed by atoms with van der Waals surface area (Å²) in [5.74, 6) is 0.652. The number of hydrogen-bond acceptors (Lipinski definition) is 3. The van der Waals surface area contributed by atoms with Crippen LogP contribution in [0.1, 0.15) is 0 Å². The van der Waals surface area contributed by atoms with Crippen LogP contribution in [-0.2, 0) is 11.1 Å². The predicted octanol–water partition coefficient (Wildman–Crippen LogP) is -2.89. The van der Waals surface area contributed by atoms with Gasteiger partial charge in [0.2, 0.25) is 0 Å². The first kappa shape index (κ1) is 15.6. The molecule has 0 aliphatic rings. The Bertz CT molecular complexity index is 262. The van der Waals surface area contributed by atoms with Gasteiger partial charge in [-0.1, -0.05) is 0 Å². The summed E-state index contributed by atoms with van der Waals surface area (Å²) < 4.78 is 25.6. The molecule has 0 saturated carbocycles. The second-order valence-corrected chi connectivity index (χ2v) is 2.85. The van der Waals surface area contributed by atoms with Crippen LogP contribution in [0.3, 0.4) is 0 Å². The van der Waals surface area contributed by atoms with Crippen LogP contribution in [0.2, 0.25) is 0 Å². The molecule has 0 saturated heterocycles. The molecule has 0 bridgehead atoms. The van der Waals surface area contributed by atoms with E-state index in [0.29, 0.717) is 5.75 Å². The van der Waals surface area contributed by atoms with Crippen molar-refractivity contribution in [2.75, 3.05) is 7.11 Å². The zero-order valence-electron chi connectivity index (χ0n) is 7.44. The Hall–Kier alpha value is 0.0900. The molecule has 0 heterocycles. The van der Waals surface area contributed by atoms with Gasteiger partial charge in [0.1, 0.15) is 5.75 Å². The van der Waals surface area contributed by atoms with Crippen molar-refractivity contribution < 1.29 is 48.5 Å². The molecule has 1 aromatic carbocycles. The van der Waals surface area contributed by atoms with Gasteiger partial charge in [-0.15, -0.1) is 0 Å². The molecule has 4 nitrogen and oxygen atoms in total. The summed E-state index contributed by atoms with van der Waals surface area (Å²) in [6.45, 7) is 0. The molecule has 1 unspecified atom stereocenters. The van der Waals surface area contributed by atoms with E-state index in [2.05, 4.69) is 0 Å². The molecule has 1 aromatic rings. The van der Waals surface area contributed by atoms with Crippen molar-refractivity contribution in [2.24, 2.45) is 0 Å². The van der Waals surface area contributed by atoms with E-state index in [1.165, 1.54) is 19.2 Å². The zero-order chi connectivity index (χ0) is 8.27. The van der Waals surface area contributed by atoms with Gasteiger partial charge in [-0.05, 0) is 35.3 Å². The fourth-order valence-corrected chi connectivity index (χ4v) is 1.05. The third-order valence-electron chi connectivity index (χ3n) is 1.25. The second kappa shape index (κ2) is 7.49. The number of hydrogen-bond donors (Lipinski definition) is 0. The van der Waals surface area contributed by atoms with E-state index in [9.17, 15) is 8.76 Å². The Kier molecular flexibility index (Phi) is 8.96. The van der Waals surface area contributed by atoms with Crippen molar-refractivity contribution in [1.82, 2.24) is 0 Å². The third-order valence-corrected chi connectivity index (χ3v) is 1.91. The summed E-state index contributed by atoms with van der Waals surface area (Å²) in [7, 11) is 1.53. The van der Waals surface area contributed by atoms with Gasteiger partial charge in [-0.2, -0.15) is 0 Å². The predicted molar refractivity (Wildman–Crippen MR) is 43.8 cm³/mol. The van der Waals surface area contributed by atoms with Gasteiger partial charge in [0, 0.05) is 4.90 Å². The van der Waals surface area contributed by atoms with Crippen LogP contribution in [0, 0.1) is 0 Å². The van der Waals surface area contributed by atoms with Gasteiger partial charge in [-0.25, -0.2) is 0 Å². The van der Waals surface area contributed by atoms with Crippen molar-refractivity contribution in [2.45, 2.75) is 4.90 Å². The maximum atomic E-state index is 10.4. The average Bonchev–Trinajstić information content (AvgIpc) is 2.05. The van der Waals surface area contributed by atoms with Crippen LogP contribution in [0.15, 0.2) is 29.2 Å². The molecule has 0 radical (unpaired) electrons. The normalized spacial score (nSPS) is 10.6. The first-order valence-electron chi connectivity index (χ1n) is 2.97. The van der Waals surface area contributed by atoms with E-state index in [1.54, 1.807) is 12.1 Å². The molecular weight excluding hydrogens is 203 g/mol. The van der Waals surface area contributed by atoms with Crippen molar-refractivity contribution in [1.29, 1.82) is 0 Å². The minimum absolute atomic E-state index is 0. The third kappa shape index (κ3) is 4.75. The summed E-state index contributed by atoms with van der Waals surface area (Å²) in [6, 6.07) is 6.18. The fraction of sp³-hybridized carbons (Fsp3) is 0.143. The van der Waals surface area contributed by atoms with Crippen LogP contribution >= 0.6 is 0 Å². The van der Waals surface area contributed by atoms with Crippen molar-refractivity contribution in [3.05, 3.63) is 24.3 Å². The first-order chi connectivity index (χ1) is 5.24. The first-order valence-corrected chi connectivity index (χ1v) is 4.05. The molecule has 1 atom stereocenters.